The Morgan fingerprint density at radius 2 is 1.78 bits per heavy atom. The zero-order valence-electron chi connectivity index (χ0n) is 14.9. The summed E-state index contributed by atoms with van der Waals surface area (Å²) < 4.78 is 5.79. The molecule has 0 bridgehead atoms. The number of rotatable bonds is 9. The molecule has 1 aliphatic rings. The van der Waals surface area contributed by atoms with E-state index in [1.54, 1.807) is 0 Å². The molecule has 0 aromatic heterocycles. The van der Waals surface area contributed by atoms with Crippen LogP contribution in [-0.2, 0) is 4.79 Å². The maximum absolute atomic E-state index is 12.4. The fraction of sp³-hybridized carbons (Fsp3) is 0.667. The molecule has 2 heteroatoms. The van der Waals surface area contributed by atoms with Crippen molar-refractivity contribution in [2.75, 3.05) is 6.61 Å². The first-order valence-corrected chi connectivity index (χ1v) is 9.50. The lowest BCUT2D eigenvalue weighted by Gasteiger charge is -2.27. The lowest BCUT2D eigenvalue weighted by atomic mass is 9.76. The number of benzene rings is 1. The fourth-order valence-electron chi connectivity index (χ4n) is 3.61. The summed E-state index contributed by atoms with van der Waals surface area (Å²) >= 11 is 0. The third-order valence-corrected chi connectivity index (χ3v) is 4.99. The van der Waals surface area contributed by atoms with Crippen LogP contribution in [0.3, 0.4) is 0 Å². The summed E-state index contributed by atoms with van der Waals surface area (Å²) in [5.74, 6) is 2.09. The number of unbranched alkanes of at least 4 members (excludes halogenated alkanes) is 3. The number of hydrogen-bond donors (Lipinski definition) is 0. The predicted molar refractivity (Wildman–Crippen MR) is 96.1 cm³/mol. The molecule has 2 rings (SSSR count). The molecule has 0 radical (unpaired) electrons. The molecule has 1 aromatic carbocycles. The van der Waals surface area contributed by atoms with E-state index in [0.717, 1.165) is 31.6 Å². The summed E-state index contributed by atoms with van der Waals surface area (Å²) in [6.45, 7) is 5.22. The number of hydrogen-bond acceptors (Lipinski definition) is 2. The molecule has 0 heterocycles. The first kappa shape index (κ1) is 18.0. The van der Waals surface area contributed by atoms with Crippen LogP contribution in [0.5, 0.6) is 5.75 Å². The van der Waals surface area contributed by atoms with Gasteiger partial charge in [0.1, 0.15) is 11.5 Å². The highest BCUT2D eigenvalue weighted by atomic mass is 16.5. The van der Waals surface area contributed by atoms with E-state index in [-0.39, 0.29) is 5.92 Å². The summed E-state index contributed by atoms with van der Waals surface area (Å²) in [6, 6.07) is 8.23. The Hall–Kier alpha value is -1.31. The molecule has 2 nitrogen and oxygen atoms in total. The molecule has 1 saturated carbocycles. The van der Waals surface area contributed by atoms with Gasteiger partial charge in [-0.2, -0.15) is 0 Å². The zero-order chi connectivity index (χ0) is 16.5. The van der Waals surface area contributed by atoms with Crippen LogP contribution < -0.4 is 4.74 Å². The van der Waals surface area contributed by atoms with Crippen molar-refractivity contribution in [3.63, 3.8) is 0 Å². The van der Waals surface area contributed by atoms with Gasteiger partial charge in [0.05, 0.1) is 6.61 Å². The summed E-state index contributed by atoms with van der Waals surface area (Å²) in [5.41, 5.74) is 1.17. The van der Waals surface area contributed by atoms with Gasteiger partial charge in [-0.15, -0.1) is 0 Å². The third kappa shape index (κ3) is 5.67. The van der Waals surface area contributed by atoms with Gasteiger partial charge < -0.3 is 4.74 Å². The average molecular weight is 316 g/mol. The minimum absolute atomic E-state index is 0.113. The normalized spacial score (nSPS) is 21.4. The highest BCUT2D eigenvalue weighted by Gasteiger charge is 2.29. The quantitative estimate of drug-likeness (QED) is 0.530. The van der Waals surface area contributed by atoms with Crippen LogP contribution >= 0.6 is 0 Å². The van der Waals surface area contributed by atoms with Crippen molar-refractivity contribution in [1.82, 2.24) is 0 Å². The monoisotopic (exact) mass is 316 g/mol. The van der Waals surface area contributed by atoms with Crippen LogP contribution in [0.15, 0.2) is 24.3 Å². The van der Waals surface area contributed by atoms with Gasteiger partial charge in [-0.05, 0) is 42.9 Å². The Kier molecular flexibility index (Phi) is 7.64. The second kappa shape index (κ2) is 9.75. The molecule has 0 saturated heterocycles. The fourth-order valence-corrected chi connectivity index (χ4v) is 3.61. The number of Topliss-reactive ketones (excluding diaryl/α,β-unsaturated/α-hetero) is 1. The Labute approximate surface area is 141 Å². The van der Waals surface area contributed by atoms with Crippen molar-refractivity contribution in [1.29, 1.82) is 0 Å². The van der Waals surface area contributed by atoms with Crippen molar-refractivity contribution in [3.8, 4) is 5.75 Å². The number of carbonyl (C=O) groups is 1. The Bertz CT molecular complexity index is 463. The van der Waals surface area contributed by atoms with Crippen LogP contribution in [-0.4, -0.2) is 12.4 Å². The maximum Gasteiger partial charge on any atom is 0.140 e. The van der Waals surface area contributed by atoms with Gasteiger partial charge in [-0.3, -0.25) is 4.79 Å². The average Bonchev–Trinajstić information content (AvgIpc) is 2.56. The molecule has 0 spiro atoms. The molecule has 1 aliphatic carbocycles. The van der Waals surface area contributed by atoms with E-state index in [9.17, 15) is 4.79 Å². The minimum atomic E-state index is 0.113. The highest BCUT2D eigenvalue weighted by Crippen LogP contribution is 2.35. The molecule has 0 unspecified atom stereocenters. The molecule has 128 valence electrons. The van der Waals surface area contributed by atoms with Crippen molar-refractivity contribution >= 4 is 5.78 Å². The lowest BCUT2D eigenvalue weighted by Crippen LogP contribution is -2.23. The molecule has 1 fully saturated rings. The van der Waals surface area contributed by atoms with E-state index >= 15 is 0 Å². The van der Waals surface area contributed by atoms with E-state index in [1.165, 1.54) is 44.1 Å². The van der Waals surface area contributed by atoms with Gasteiger partial charge in [0, 0.05) is 12.3 Å². The molecule has 0 amide bonds. The molecular formula is C21H32O2. The predicted octanol–water partition coefficient (Wildman–Crippen LogP) is 5.90. The summed E-state index contributed by atoms with van der Waals surface area (Å²) in [5, 5.41) is 0. The Balaban J connectivity index is 1.81. The van der Waals surface area contributed by atoms with Gasteiger partial charge in [0.15, 0.2) is 0 Å². The molecule has 0 aliphatic heterocycles. The van der Waals surface area contributed by atoms with Crippen LogP contribution in [0.4, 0.5) is 0 Å². The second-order valence-corrected chi connectivity index (χ2v) is 6.93. The smallest absolute Gasteiger partial charge is 0.140 e. The van der Waals surface area contributed by atoms with Gasteiger partial charge in [-0.25, -0.2) is 0 Å². The SMILES string of the molecule is CCCCCCOc1ccc([C@H]2CC[C@H](CCC)CC2=O)cc1. The maximum atomic E-state index is 12.4. The molecule has 0 N–H and O–H groups in total. The first-order valence-electron chi connectivity index (χ1n) is 9.50. The topological polar surface area (TPSA) is 26.3 Å². The van der Waals surface area contributed by atoms with Crippen molar-refractivity contribution < 1.29 is 9.53 Å². The van der Waals surface area contributed by atoms with Gasteiger partial charge in [0.2, 0.25) is 0 Å². The van der Waals surface area contributed by atoms with Crippen LogP contribution in [0.2, 0.25) is 0 Å². The van der Waals surface area contributed by atoms with Crippen LogP contribution in [0, 0.1) is 5.92 Å². The number of ether oxygens (including phenoxy) is 1. The molecular weight excluding hydrogens is 284 g/mol. The van der Waals surface area contributed by atoms with Gasteiger partial charge in [0.25, 0.3) is 0 Å². The van der Waals surface area contributed by atoms with E-state index in [1.807, 2.05) is 12.1 Å². The van der Waals surface area contributed by atoms with E-state index in [2.05, 4.69) is 26.0 Å². The Morgan fingerprint density at radius 1 is 1.00 bits per heavy atom. The van der Waals surface area contributed by atoms with Crippen molar-refractivity contribution in [3.05, 3.63) is 29.8 Å². The van der Waals surface area contributed by atoms with Gasteiger partial charge in [-0.1, -0.05) is 58.1 Å². The summed E-state index contributed by atoms with van der Waals surface area (Å²) in [7, 11) is 0. The zero-order valence-corrected chi connectivity index (χ0v) is 14.9. The van der Waals surface area contributed by atoms with E-state index < -0.39 is 0 Å². The first-order chi connectivity index (χ1) is 11.2. The summed E-state index contributed by atoms with van der Waals surface area (Å²) in [4.78, 5) is 12.4. The Morgan fingerprint density at radius 3 is 2.43 bits per heavy atom. The largest absolute Gasteiger partial charge is 0.494 e. The number of ketones is 1. The highest BCUT2D eigenvalue weighted by molar-refractivity contribution is 5.86. The molecule has 23 heavy (non-hydrogen) atoms. The molecule has 2 atom stereocenters. The second-order valence-electron chi connectivity index (χ2n) is 6.93. The molecule has 1 aromatic rings. The standard InChI is InChI=1S/C21H32O2/c1-3-5-6-7-15-23-19-12-10-18(11-13-19)20-14-9-17(8-4-2)16-21(20)22/h10-13,17,20H,3-9,14-16H2,1-2H3/t17-,20+/m0/s1. The van der Waals surface area contributed by atoms with Crippen LogP contribution in [0.1, 0.15) is 83.1 Å². The van der Waals surface area contributed by atoms with Crippen molar-refractivity contribution in [2.45, 2.75) is 77.6 Å². The summed E-state index contributed by atoms with van der Waals surface area (Å²) in [6.07, 6.45) is 10.3. The lowest BCUT2D eigenvalue weighted by molar-refractivity contribution is -0.123. The minimum Gasteiger partial charge on any atom is -0.494 e. The van der Waals surface area contributed by atoms with E-state index in [0.29, 0.717) is 11.7 Å². The number of carbonyl (C=O) groups excluding carboxylic acids is 1. The van der Waals surface area contributed by atoms with Gasteiger partial charge >= 0.3 is 0 Å². The third-order valence-electron chi connectivity index (χ3n) is 4.99. The van der Waals surface area contributed by atoms with Crippen LogP contribution in [0.25, 0.3) is 0 Å². The van der Waals surface area contributed by atoms with E-state index in [4.69, 9.17) is 4.74 Å². The van der Waals surface area contributed by atoms with Crippen molar-refractivity contribution in [2.24, 2.45) is 5.92 Å².